The van der Waals surface area contributed by atoms with Crippen molar-refractivity contribution < 1.29 is 14.2 Å². The maximum Gasteiger partial charge on any atom is 0.123 e. The third-order valence-corrected chi connectivity index (χ3v) is 2.63. The molecule has 0 aromatic heterocycles. The lowest BCUT2D eigenvalue weighted by molar-refractivity contribution is 0.273. The number of halogens is 1. The van der Waals surface area contributed by atoms with E-state index in [1.165, 1.54) is 0 Å². The number of aliphatic hydroxyl groups is 1. The van der Waals surface area contributed by atoms with E-state index in [9.17, 15) is 4.39 Å². The number of hydrogen-bond donors (Lipinski definition) is 1. The van der Waals surface area contributed by atoms with Crippen LogP contribution in [0.5, 0.6) is 5.75 Å². The number of benzene rings is 2. The molecule has 0 bridgehead atoms. The smallest absolute Gasteiger partial charge is 0.123 e. The van der Waals surface area contributed by atoms with Crippen LogP contribution in [0.15, 0.2) is 36.4 Å². The van der Waals surface area contributed by atoms with E-state index in [1.807, 2.05) is 36.4 Å². The second kappa shape index (κ2) is 6.77. The highest BCUT2D eigenvalue weighted by Crippen LogP contribution is 2.21. The fraction of sp³-hybridized carbons (Fsp3) is 0.250. The number of fused-ring (bicyclic) bond motifs is 1. The van der Waals surface area contributed by atoms with Gasteiger partial charge in [0.05, 0.1) is 6.61 Å². The third kappa shape index (κ3) is 3.70. The molecule has 19 heavy (non-hydrogen) atoms. The lowest BCUT2D eigenvalue weighted by atomic mass is 10.1. The molecule has 0 fully saturated rings. The molecule has 2 aromatic carbocycles. The van der Waals surface area contributed by atoms with Crippen molar-refractivity contribution in [3.05, 3.63) is 42.0 Å². The van der Waals surface area contributed by atoms with Crippen LogP contribution in [0.1, 0.15) is 12.0 Å². The van der Waals surface area contributed by atoms with Gasteiger partial charge in [-0.25, -0.2) is 4.39 Å². The quantitative estimate of drug-likeness (QED) is 0.854. The van der Waals surface area contributed by atoms with Crippen LogP contribution >= 0.6 is 0 Å². The number of alkyl halides is 1. The largest absolute Gasteiger partial charge is 0.491 e. The first-order valence-electron chi connectivity index (χ1n) is 6.16. The van der Waals surface area contributed by atoms with Crippen molar-refractivity contribution in [1.29, 1.82) is 0 Å². The van der Waals surface area contributed by atoms with Crippen molar-refractivity contribution in [3.8, 4) is 17.6 Å². The Bertz CT molecular complexity index is 611. The predicted octanol–water partition coefficient (Wildman–Crippen LogP) is 2.92. The maximum atomic E-state index is 12.0. The van der Waals surface area contributed by atoms with Crippen molar-refractivity contribution in [3.63, 3.8) is 0 Å². The van der Waals surface area contributed by atoms with Gasteiger partial charge in [-0.15, -0.1) is 0 Å². The molecule has 0 radical (unpaired) electrons. The molecule has 3 heteroatoms. The highest BCUT2D eigenvalue weighted by molar-refractivity contribution is 5.85. The molecule has 0 heterocycles. The number of rotatable bonds is 4. The van der Waals surface area contributed by atoms with Gasteiger partial charge in [-0.3, -0.25) is 0 Å². The van der Waals surface area contributed by atoms with E-state index in [-0.39, 0.29) is 13.2 Å². The Hall–Kier alpha value is -2.05. The minimum atomic E-state index is -0.489. The molecule has 2 aromatic rings. The van der Waals surface area contributed by atoms with E-state index in [2.05, 4.69) is 11.8 Å². The Kier molecular flexibility index (Phi) is 4.77. The Morgan fingerprint density at radius 1 is 1.11 bits per heavy atom. The fourth-order valence-corrected chi connectivity index (χ4v) is 1.77. The van der Waals surface area contributed by atoms with E-state index >= 15 is 0 Å². The molecule has 2 nitrogen and oxygen atoms in total. The van der Waals surface area contributed by atoms with Gasteiger partial charge in [0.15, 0.2) is 0 Å². The number of aliphatic hydroxyl groups excluding tert-OH is 1. The molecular formula is C16H15FO2. The van der Waals surface area contributed by atoms with Gasteiger partial charge in [-0.1, -0.05) is 24.0 Å². The van der Waals surface area contributed by atoms with E-state index < -0.39 is 6.67 Å². The number of ether oxygens (including phenoxy) is 1. The molecule has 98 valence electrons. The van der Waals surface area contributed by atoms with Gasteiger partial charge < -0.3 is 9.84 Å². The van der Waals surface area contributed by atoms with Gasteiger partial charge in [-0.05, 0) is 35.0 Å². The Balaban J connectivity index is 2.23. The maximum absolute atomic E-state index is 12.0. The predicted molar refractivity (Wildman–Crippen MR) is 74.0 cm³/mol. The molecule has 0 saturated carbocycles. The lowest BCUT2D eigenvalue weighted by Crippen LogP contribution is -1.98. The molecule has 0 saturated heterocycles. The molecular weight excluding hydrogens is 243 g/mol. The van der Waals surface area contributed by atoms with E-state index in [0.717, 1.165) is 16.3 Å². The zero-order valence-corrected chi connectivity index (χ0v) is 10.5. The molecule has 1 N–H and O–H groups in total. The first-order chi connectivity index (χ1) is 9.33. The normalized spacial score (nSPS) is 10.0. The SMILES string of the molecule is OCCC#Cc1ccc2cc(OCCF)ccc2c1. The van der Waals surface area contributed by atoms with Gasteiger partial charge in [0.1, 0.15) is 19.0 Å². The van der Waals surface area contributed by atoms with Crippen LogP contribution in [0.4, 0.5) is 4.39 Å². The summed E-state index contributed by atoms with van der Waals surface area (Å²) in [5, 5.41) is 10.8. The van der Waals surface area contributed by atoms with Crippen LogP contribution < -0.4 is 4.74 Å². The second-order valence-electron chi connectivity index (χ2n) is 4.04. The van der Waals surface area contributed by atoms with Crippen molar-refractivity contribution >= 4 is 10.8 Å². The van der Waals surface area contributed by atoms with Crippen LogP contribution in [-0.4, -0.2) is 25.0 Å². The number of hydrogen-bond acceptors (Lipinski definition) is 2. The Morgan fingerprint density at radius 3 is 2.68 bits per heavy atom. The Morgan fingerprint density at radius 2 is 1.89 bits per heavy atom. The molecule has 0 aliphatic carbocycles. The standard InChI is InChI=1S/C16H15FO2/c17-8-10-19-16-7-6-14-11-13(3-1-2-9-18)4-5-15(14)12-16/h4-7,11-12,18H,2,8-10H2. The van der Waals surface area contributed by atoms with Crippen molar-refractivity contribution in [1.82, 2.24) is 0 Å². The zero-order valence-electron chi connectivity index (χ0n) is 10.5. The minimum Gasteiger partial charge on any atom is -0.491 e. The summed E-state index contributed by atoms with van der Waals surface area (Å²) in [7, 11) is 0. The highest BCUT2D eigenvalue weighted by atomic mass is 19.1. The molecule has 2 rings (SSSR count). The summed E-state index contributed by atoms with van der Waals surface area (Å²) in [5.41, 5.74) is 0.915. The van der Waals surface area contributed by atoms with Gasteiger partial charge in [0.25, 0.3) is 0 Å². The van der Waals surface area contributed by atoms with Crippen LogP contribution in [0, 0.1) is 11.8 Å². The summed E-state index contributed by atoms with van der Waals surface area (Å²) >= 11 is 0. The van der Waals surface area contributed by atoms with Gasteiger partial charge in [0, 0.05) is 12.0 Å². The Labute approximate surface area is 111 Å². The molecule has 0 aliphatic heterocycles. The first-order valence-corrected chi connectivity index (χ1v) is 6.16. The average molecular weight is 258 g/mol. The van der Waals surface area contributed by atoms with E-state index in [1.54, 1.807) is 0 Å². The van der Waals surface area contributed by atoms with Crippen LogP contribution in [0.25, 0.3) is 10.8 Å². The van der Waals surface area contributed by atoms with E-state index in [0.29, 0.717) is 12.2 Å². The topological polar surface area (TPSA) is 29.5 Å². The summed E-state index contributed by atoms with van der Waals surface area (Å²) in [5.74, 6) is 6.56. The van der Waals surface area contributed by atoms with Crippen molar-refractivity contribution in [2.24, 2.45) is 0 Å². The van der Waals surface area contributed by atoms with Crippen LogP contribution in [-0.2, 0) is 0 Å². The summed E-state index contributed by atoms with van der Waals surface area (Å²) in [6.45, 7) is -0.330. The molecule has 0 aliphatic rings. The summed E-state index contributed by atoms with van der Waals surface area (Å²) < 4.78 is 17.3. The van der Waals surface area contributed by atoms with Gasteiger partial charge >= 0.3 is 0 Å². The lowest BCUT2D eigenvalue weighted by Gasteiger charge is -2.05. The summed E-state index contributed by atoms with van der Waals surface area (Å²) in [4.78, 5) is 0. The first kappa shape index (κ1) is 13.4. The van der Waals surface area contributed by atoms with Crippen LogP contribution in [0.2, 0.25) is 0 Å². The average Bonchev–Trinajstić information content (AvgIpc) is 2.45. The molecule has 0 unspecified atom stereocenters. The van der Waals surface area contributed by atoms with E-state index in [4.69, 9.17) is 9.84 Å². The molecule has 0 amide bonds. The molecule has 0 spiro atoms. The van der Waals surface area contributed by atoms with Crippen LogP contribution in [0.3, 0.4) is 0 Å². The second-order valence-corrected chi connectivity index (χ2v) is 4.04. The van der Waals surface area contributed by atoms with Gasteiger partial charge in [-0.2, -0.15) is 0 Å². The monoisotopic (exact) mass is 258 g/mol. The minimum absolute atomic E-state index is 0.0792. The van der Waals surface area contributed by atoms with Crippen molar-refractivity contribution in [2.45, 2.75) is 6.42 Å². The third-order valence-electron chi connectivity index (χ3n) is 2.63. The highest BCUT2D eigenvalue weighted by Gasteiger charge is 1.98. The van der Waals surface area contributed by atoms with Gasteiger partial charge in [0.2, 0.25) is 0 Å². The summed E-state index contributed by atoms with van der Waals surface area (Å²) in [6.07, 6.45) is 0.480. The zero-order chi connectivity index (χ0) is 13.5. The summed E-state index contributed by atoms with van der Waals surface area (Å²) in [6, 6.07) is 11.5. The fourth-order valence-electron chi connectivity index (χ4n) is 1.77. The molecule has 0 atom stereocenters. The van der Waals surface area contributed by atoms with Crippen molar-refractivity contribution in [2.75, 3.05) is 19.9 Å².